The number of hydrogen-bond acceptors (Lipinski definition) is 19. The molecule has 420 valence electrons. The largest absolute Gasteiger partial charge is 0.472 e. The summed E-state index contributed by atoms with van der Waals surface area (Å²) in [5, 5.41) is 82.2. The van der Waals surface area contributed by atoms with Gasteiger partial charge in [-0.2, -0.15) is 0 Å². The predicted octanol–water partition coefficient (Wildman–Crippen LogP) is 5.54. The van der Waals surface area contributed by atoms with E-state index in [0.717, 1.165) is 44.9 Å². The molecule has 2 aliphatic rings. The fourth-order valence-electron chi connectivity index (χ4n) is 8.41. The van der Waals surface area contributed by atoms with Gasteiger partial charge in [-0.1, -0.05) is 168 Å². The molecule has 0 aromatic carbocycles. The fourth-order valence-corrected chi connectivity index (χ4v) is 9.18. The number of rotatable bonds is 44. The summed E-state index contributed by atoms with van der Waals surface area (Å²) in [6.45, 7) is 0.581. The number of unbranched alkanes of at least 4 members (excludes halogenated alkanes) is 24. The van der Waals surface area contributed by atoms with Gasteiger partial charge in [-0.3, -0.25) is 18.6 Å². The number of carbonyl (C=O) groups excluding carboxylic acids is 2. The molecule has 0 spiro atoms. The molecule has 0 aromatic rings. The van der Waals surface area contributed by atoms with E-state index in [1.165, 1.54) is 109 Å². The van der Waals surface area contributed by atoms with Crippen molar-refractivity contribution >= 4 is 19.8 Å². The van der Waals surface area contributed by atoms with Crippen molar-refractivity contribution in [3.8, 4) is 0 Å². The van der Waals surface area contributed by atoms with Gasteiger partial charge in [-0.25, -0.2) is 4.57 Å². The third-order valence-electron chi connectivity index (χ3n) is 12.9. The molecule has 0 aromatic heterocycles. The molecule has 0 aliphatic carbocycles. The van der Waals surface area contributed by atoms with Crippen LogP contribution in [-0.4, -0.2) is 171 Å². The van der Waals surface area contributed by atoms with Crippen molar-refractivity contribution in [2.75, 3.05) is 39.6 Å². The van der Waals surface area contributed by atoms with E-state index in [4.69, 9.17) is 38.1 Å². The number of aliphatic hydroxyl groups excluding tert-OH is 8. The molecule has 0 bridgehead atoms. The molecule has 2 rings (SSSR count). The van der Waals surface area contributed by atoms with Crippen LogP contribution in [0.5, 0.6) is 0 Å². The highest BCUT2D eigenvalue weighted by Gasteiger charge is 2.48. The number of ether oxygens (including phenoxy) is 6. The van der Waals surface area contributed by atoms with Crippen molar-refractivity contribution in [1.29, 1.82) is 0 Å². The van der Waals surface area contributed by atoms with Gasteiger partial charge in [0, 0.05) is 12.8 Å². The Morgan fingerprint density at radius 3 is 1.32 bits per heavy atom. The number of carbonyl (C=O) groups is 2. The average Bonchev–Trinajstić information content (AvgIpc) is 3.35. The second-order valence-corrected chi connectivity index (χ2v) is 20.8. The van der Waals surface area contributed by atoms with Gasteiger partial charge in [-0.15, -0.1) is 0 Å². The van der Waals surface area contributed by atoms with Crippen LogP contribution in [-0.2, 0) is 51.6 Å². The van der Waals surface area contributed by atoms with Gasteiger partial charge in [-0.05, 0) is 12.8 Å². The standard InChI is InChI=1S/C50H95O20P/c1-3-5-7-9-11-13-15-17-19-21-23-25-27-29-41(53)63-33-38(68-42(54)30-28-26-24-22-20-18-16-14-12-10-8-6-4-2)34-64-49-47(59)45(57)43(55)39(69-49)35-65-50-48(60)46(58)44(56)40(70-50)36-67-71(61,62)66-32-37(52)31-51/h37-40,43-52,55-60H,3-36H2,1-2H3,(H,61,62)/t37-,38-,39-,40-,43-,44-,45+,46+,47-,48-,49-,50-/m1/s1. The molecule has 2 fully saturated rings. The highest BCUT2D eigenvalue weighted by molar-refractivity contribution is 7.47. The minimum Gasteiger partial charge on any atom is -0.462 e. The van der Waals surface area contributed by atoms with Crippen molar-refractivity contribution in [2.24, 2.45) is 0 Å². The molecular formula is C50H95O20P. The molecule has 21 heteroatoms. The summed E-state index contributed by atoms with van der Waals surface area (Å²) in [5.41, 5.74) is 0. The molecule has 1 unspecified atom stereocenters. The highest BCUT2D eigenvalue weighted by Crippen LogP contribution is 2.44. The molecule has 0 saturated carbocycles. The normalized spacial score (nSPS) is 26.5. The van der Waals surface area contributed by atoms with E-state index in [1.807, 2.05) is 0 Å². The van der Waals surface area contributed by atoms with Gasteiger partial charge in [0.25, 0.3) is 0 Å². The van der Waals surface area contributed by atoms with Gasteiger partial charge < -0.3 is 74.2 Å². The molecule has 0 radical (unpaired) electrons. The maximum atomic E-state index is 13.0. The quantitative estimate of drug-likeness (QED) is 0.0206. The van der Waals surface area contributed by atoms with Crippen LogP contribution in [0.3, 0.4) is 0 Å². The summed E-state index contributed by atoms with van der Waals surface area (Å²) < 4.78 is 55.3. The lowest BCUT2D eigenvalue weighted by molar-refractivity contribution is -0.332. The minimum atomic E-state index is -4.85. The smallest absolute Gasteiger partial charge is 0.462 e. The zero-order valence-corrected chi connectivity index (χ0v) is 43.8. The number of esters is 2. The number of hydrogen-bond donors (Lipinski definition) is 9. The predicted molar refractivity (Wildman–Crippen MR) is 262 cm³/mol. The lowest BCUT2D eigenvalue weighted by atomic mass is 9.98. The summed E-state index contributed by atoms with van der Waals surface area (Å²) in [6, 6.07) is 0. The Morgan fingerprint density at radius 2 is 0.887 bits per heavy atom. The molecule has 2 saturated heterocycles. The van der Waals surface area contributed by atoms with E-state index >= 15 is 0 Å². The van der Waals surface area contributed by atoms with Crippen molar-refractivity contribution in [1.82, 2.24) is 0 Å². The summed E-state index contributed by atoms with van der Waals surface area (Å²) in [7, 11) is -4.85. The third kappa shape index (κ3) is 29.5. The Labute approximate surface area is 423 Å². The van der Waals surface area contributed by atoms with Crippen LogP contribution in [0.2, 0.25) is 0 Å². The van der Waals surface area contributed by atoms with Crippen molar-refractivity contribution < 1.29 is 97.4 Å². The van der Waals surface area contributed by atoms with Gasteiger partial charge in [0.15, 0.2) is 18.7 Å². The maximum Gasteiger partial charge on any atom is 0.472 e. The first-order chi connectivity index (χ1) is 34.1. The molecule has 9 N–H and O–H groups in total. The Kier molecular flexibility index (Phi) is 36.9. The molecule has 13 atom stereocenters. The second kappa shape index (κ2) is 39.9. The van der Waals surface area contributed by atoms with E-state index in [1.54, 1.807) is 0 Å². The number of aliphatic hydroxyl groups is 8. The fraction of sp³-hybridized carbons (Fsp3) is 0.960. The van der Waals surface area contributed by atoms with Crippen LogP contribution in [0.15, 0.2) is 0 Å². The summed E-state index contributed by atoms with van der Waals surface area (Å²) >= 11 is 0. The first-order valence-corrected chi connectivity index (χ1v) is 28.5. The molecule has 0 amide bonds. The lowest BCUT2D eigenvalue weighted by Crippen LogP contribution is -2.62. The SMILES string of the molecule is CCCCCCCCCCCCCCCC(=O)OC[C@H](CO[C@@H]1O[C@H](CO[C@@H]2O[C@H](COP(=O)(O)OC[C@H](O)CO)[C@@H](O)[C@H](O)[C@H]2O)[C@@H](O)[C@H](O)[C@H]1O)OC(=O)CCCCCCCCCCCCCCC. The first-order valence-electron chi connectivity index (χ1n) is 27.0. The molecule has 2 heterocycles. The third-order valence-corrected chi connectivity index (χ3v) is 13.9. The Bertz CT molecular complexity index is 1380. The maximum absolute atomic E-state index is 13.0. The first kappa shape index (κ1) is 65.7. The second-order valence-electron chi connectivity index (χ2n) is 19.4. The van der Waals surface area contributed by atoms with Crippen LogP contribution >= 0.6 is 7.82 Å². The summed E-state index contributed by atoms with van der Waals surface area (Å²) in [5.74, 6) is -0.997. The monoisotopic (exact) mass is 1050 g/mol. The number of phosphoric ester groups is 1. The highest BCUT2D eigenvalue weighted by atomic mass is 31.2. The van der Waals surface area contributed by atoms with Crippen LogP contribution in [0.1, 0.15) is 194 Å². The van der Waals surface area contributed by atoms with Gasteiger partial charge >= 0.3 is 19.8 Å². The van der Waals surface area contributed by atoms with E-state index in [2.05, 4.69) is 18.4 Å². The zero-order valence-electron chi connectivity index (χ0n) is 42.9. The Hall–Kier alpha value is -1.43. The topological polar surface area (TPSA) is 307 Å². The summed E-state index contributed by atoms with van der Waals surface area (Å²) in [6.07, 6.45) is 10.1. The minimum absolute atomic E-state index is 0.129. The van der Waals surface area contributed by atoms with Gasteiger partial charge in [0.2, 0.25) is 0 Å². The van der Waals surface area contributed by atoms with Crippen LogP contribution in [0.4, 0.5) is 0 Å². The van der Waals surface area contributed by atoms with Crippen molar-refractivity contribution in [2.45, 2.75) is 267 Å². The number of phosphoric acid groups is 1. The molecule has 2 aliphatic heterocycles. The van der Waals surface area contributed by atoms with Gasteiger partial charge in [0.05, 0.1) is 33.0 Å². The Morgan fingerprint density at radius 1 is 0.493 bits per heavy atom. The molecular weight excluding hydrogens is 952 g/mol. The van der Waals surface area contributed by atoms with Gasteiger partial charge in [0.1, 0.15) is 61.5 Å². The van der Waals surface area contributed by atoms with E-state index < -0.39 is 126 Å². The van der Waals surface area contributed by atoms with Crippen LogP contribution in [0, 0.1) is 0 Å². The average molecular weight is 1050 g/mol. The van der Waals surface area contributed by atoms with Crippen molar-refractivity contribution in [3.05, 3.63) is 0 Å². The summed E-state index contributed by atoms with van der Waals surface area (Å²) in [4.78, 5) is 35.7. The van der Waals surface area contributed by atoms with Crippen LogP contribution in [0.25, 0.3) is 0 Å². The van der Waals surface area contributed by atoms with Crippen molar-refractivity contribution in [3.63, 3.8) is 0 Å². The molecule has 71 heavy (non-hydrogen) atoms. The van der Waals surface area contributed by atoms with E-state index in [0.29, 0.717) is 12.8 Å². The van der Waals surface area contributed by atoms with Crippen LogP contribution < -0.4 is 0 Å². The lowest BCUT2D eigenvalue weighted by Gasteiger charge is -2.43. The Balaban J connectivity index is 1.92. The van der Waals surface area contributed by atoms with E-state index in [-0.39, 0.29) is 19.4 Å². The zero-order chi connectivity index (χ0) is 52.3. The van der Waals surface area contributed by atoms with E-state index in [9.17, 15) is 54.8 Å². The molecule has 20 nitrogen and oxygen atoms in total.